The lowest BCUT2D eigenvalue weighted by atomic mass is 10.1. The Balaban J connectivity index is 2.86. The van der Waals surface area contributed by atoms with Crippen molar-refractivity contribution < 1.29 is 14.7 Å². The molecule has 0 aromatic heterocycles. The van der Waals surface area contributed by atoms with Gasteiger partial charge in [-0.15, -0.1) is 0 Å². The SMILES string of the molecule is CCCN(C(=O)NC(C(=O)O)c1ccccc1)C(C)C. The maximum Gasteiger partial charge on any atom is 0.330 e. The Kier molecular flexibility index (Phi) is 6.03. The van der Waals surface area contributed by atoms with E-state index in [1.54, 1.807) is 29.2 Å². The van der Waals surface area contributed by atoms with Crippen LogP contribution in [0.2, 0.25) is 0 Å². The molecule has 1 unspecified atom stereocenters. The van der Waals surface area contributed by atoms with Crippen molar-refractivity contribution in [2.45, 2.75) is 39.3 Å². The largest absolute Gasteiger partial charge is 0.479 e. The van der Waals surface area contributed by atoms with E-state index >= 15 is 0 Å². The van der Waals surface area contributed by atoms with Crippen LogP contribution in [0.15, 0.2) is 30.3 Å². The zero-order chi connectivity index (χ0) is 15.1. The van der Waals surface area contributed by atoms with Gasteiger partial charge in [0.15, 0.2) is 6.04 Å². The summed E-state index contributed by atoms with van der Waals surface area (Å²) >= 11 is 0. The number of nitrogens with zero attached hydrogens (tertiary/aromatic N) is 1. The molecule has 0 heterocycles. The summed E-state index contributed by atoms with van der Waals surface area (Å²) < 4.78 is 0. The van der Waals surface area contributed by atoms with Crippen LogP contribution in [0.5, 0.6) is 0 Å². The Morgan fingerprint density at radius 2 is 1.85 bits per heavy atom. The van der Waals surface area contributed by atoms with Crippen LogP contribution in [0, 0.1) is 0 Å². The van der Waals surface area contributed by atoms with Gasteiger partial charge in [-0.05, 0) is 25.8 Å². The molecule has 0 bridgehead atoms. The molecule has 0 spiro atoms. The number of carboxylic acid groups (broad SMARTS) is 1. The van der Waals surface area contributed by atoms with Crippen molar-refractivity contribution in [2.24, 2.45) is 0 Å². The van der Waals surface area contributed by atoms with Crippen LogP contribution >= 0.6 is 0 Å². The van der Waals surface area contributed by atoms with Crippen molar-refractivity contribution in [1.82, 2.24) is 10.2 Å². The second kappa shape index (κ2) is 7.53. The van der Waals surface area contributed by atoms with E-state index < -0.39 is 12.0 Å². The molecule has 2 amide bonds. The fraction of sp³-hybridized carbons (Fsp3) is 0.467. The van der Waals surface area contributed by atoms with Gasteiger partial charge in [0.2, 0.25) is 0 Å². The standard InChI is InChI=1S/C15H22N2O3/c1-4-10-17(11(2)3)15(20)16-13(14(18)19)12-8-6-5-7-9-12/h5-9,11,13H,4,10H2,1-3H3,(H,16,20)(H,18,19). The minimum absolute atomic E-state index is 0.0279. The van der Waals surface area contributed by atoms with Crippen molar-refractivity contribution in [1.29, 1.82) is 0 Å². The van der Waals surface area contributed by atoms with Crippen LogP contribution in [0.1, 0.15) is 38.8 Å². The summed E-state index contributed by atoms with van der Waals surface area (Å²) in [5.41, 5.74) is 0.563. The number of carbonyl (C=O) groups excluding carboxylic acids is 1. The molecular weight excluding hydrogens is 256 g/mol. The van der Waals surface area contributed by atoms with E-state index in [4.69, 9.17) is 0 Å². The molecule has 0 saturated carbocycles. The van der Waals surface area contributed by atoms with E-state index in [2.05, 4.69) is 5.32 Å². The normalized spacial score (nSPS) is 12.0. The number of carbonyl (C=O) groups is 2. The van der Waals surface area contributed by atoms with Crippen LogP contribution in [0.4, 0.5) is 4.79 Å². The number of benzene rings is 1. The van der Waals surface area contributed by atoms with E-state index in [0.29, 0.717) is 12.1 Å². The van der Waals surface area contributed by atoms with Gasteiger partial charge in [-0.1, -0.05) is 37.3 Å². The van der Waals surface area contributed by atoms with Gasteiger partial charge >= 0.3 is 12.0 Å². The summed E-state index contributed by atoms with van der Waals surface area (Å²) in [6.45, 7) is 6.40. The van der Waals surface area contributed by atoms with Gasteiger partial charge in [0.1, 0.15) is 0 Å². The van der Waals surface area contributed by atoms with Gasteiger partial charge in [0.05, 0.1) is 0 Å². The molecule has 5 heteroatoms. The first-order valence-electron chi connectivity index (χ1n) is 6.82. The minimum atomic E-state index is -1.07. The van der Waals surface area contributed by atoms with Gasteiger partial charge in [-0.3, -0.25) is 0 Å². The molecule has 20 heavy (non-hydrogen) atoms. The monoisotopic (exact) mass is 278 g/mol. The predicted octanol–water partition coefficient (Wildman–Crippen LogP) is 2.64. The summed E-state index contributed by atoms with van der Waals surface area (Å²) in [7, 11) is 0. The van der Waals surface area contributed by atoms with E-state index in [9.17, 15) is 14.7 Å². The molecule has 1 rings (SSSR count). The Morgan fingerprint density at radius 3 is 2.30 bits per heavy atom. The first-order chi connectivity index (χ1) is 9.47. The molecule has 0 fully saturated rings. The molecule has 1 aromatic rings. The molecule has 110 valence electrons. The Hall–Kier alpha value is -2.04. The van der Waals surface area contributed by atoms with Crippen molar-refractivity contribution in [2.75, 3.05) is 6.54 Å². The van der Waals surface area contributed by atoms with Gasteiger partial charge < -0.3 is 15.3 Å². The van der Waals surface area contributed by atoms with Gasteiger partial charge in [0.25, 0.3) is 0 Å². The third-order valence-corrected chi connectivity index (χ3v) is 3.00. The van der Waals surface area contributed by atoms with Crippen LogP contribution < -0.4 is 5.32 Å². The highest BCUT2D eigenvalue weighted by atomic mass is 16.4. The third-order valence-electron chi connectivity index (χ3n) is 3.00. The number of nitrogens with one attached hydrogen (secondary N) is 1. The van der Waals surface area contributed by atoms with Crippen molar-refractivity contribution in [3.63, 3.8) is 0 Å². The number of rotatable bonds is 6. The molecule has 0 saturated heterocycles. The van der Waals surface area contributed by atoms with Crippen molar-refractivity contribution >= 4 is 12.0 Å². The van der Waals surface area contributed by atoms with E-state index in [-0.39, 0.29) is 12.1 Å². The first kappa shape index (κ1) is 16.0. The molecule has 2 N–H and O–H groups in total. The number of aliphatic carboxylic acids is 1. The number of carboxylic acids is 1. The summed E-state index contributed by atoms with van der Waals surface area (Å²) in [6, 6.07) is 7.35. The lowest BCUT2D eigenvalue weighted by Gasteiger charge is -2.28. The van der Waals surface area contributed by atoms with Gasteiger partial charge in [-0.2, -0.15) is 0 Å². The average molecular weight is 278 g/mol. The van der Waals surface area contributed by atoms with E-state index in [1.807, 2.05) is 26.8 Å². The smallest absolute Gasteiger partial charge is 0.330 e. The lowest BCUT2D eigenvalue weighted by Crippen LogP contribution is -2.47. The summed E-state index contributed by atoms with van der Waals surface area (Å²) in [5, 5.41) is 11.9. The second-order valence-electron chi connectivity index (χ2n) is 4.92. The number of amides is 2. The fourth-order valence-electron chi connectivity index (χ4n) is 1.97. The molecule has 0 aliphatic carbocycles. The lowest BCUT2D eigenvalue weighted by molar-refractivity contribution is -0.139. The average Bonchev–Trinajstić information content (AvgIpc) is 2.42. The molecule has 0 aliphatic heterocycles. The quantitative estimate of drug-likeness (QED) is 0.840. The summed E-state index contributed by atoms with van der Waals surface area (Å²) in [5.74, 6) is -1.07. The maximum atomic E-state index is 12.2. The highest BCUT2D eigenvalue weighted by Gasteiger charge is 2.25. The van der Waals surface area contributed by atoms with Crippen LogP contribution in [0.3, 0.4) is 0 Å². The zero-order valence-electron chi connectivity index (χ0n) is 12.2. The Labute approximate surface area is 119 Å². The van der Waals surface area contributed by atoms with E-state index in [0.717, 1.165) is 6.42 Å². The molecule has 1 aromatic carbocycles. The van der Waals surface area contributed by atoms with E-state index in [1.165, 1.54) is 0 Å². The second-order valence-corrected chi connectivity index (χ2v) is 4.92. The molecule has 0 radical (unpaired) electrons. The zero-order valence-corrected chi connectivity index (χ0v) is 12.2. The summed E-state index contributed by atoms with van der Waals surface area (Å²) in [6.07, 6.45) is 0.828. The Morgan fingerprint density at radius 1 is 1.25 bits per heavy atom. The summed E-state index contributed by atoms with van der Waals surface area (Å²) in [4.78, 5) is 25.2. The fourth-order valence-corrected chi connectivity index (χ4v) is 1.97. The van der Waals surface area contributed by atoms with Crippen molar-refractivity contribution in [3.8, 4) is 0 Å². The predicted molar refractivity (Wildman–Crippen MR) is 77.5 cm³/mol. The third kappa shape index (κ3) is 4.26. The highest BCUT2D eigenvalue weighted by Crippen LogP contribution is 2.14. The van der Waals surface area contributed by atoms with Crippen LogP contribution in [-0.4, -0.2) is 34.6 Å². The van der Waals surface area contributed by atoms with Gasteiger partial charge in [0, 0.05) is 12.6 Å². The van der Waals surface area contributed by atoms with Crippen LogP contribution in [0.25, 0.3) is 0 Å². The minimum Gasteiger partial charge on any atom is -0.479 e. The Bertz CT molecular complexity index is 446. The highest BCUT2D eigenvalue weighted by molar-refractivity contribution is 5.83. The number of urea groups is 1. The molecular formula is C15H22N2O3. The molecule has 0 aliphatic rings. The topological polar surface area (TPSA) is 69.6 Å². The molecule has 5 nitrogen and oxygen atoms in total. The first-order valence-corrected chi connectivity index (χ1v) is 6.82. The van der Waals surface area contributed by atoms with Crippen LogP contribution in [-0.2, 0) is 4.79 Å². The molecule has 1 atom stereocenters. The number of hydrogen-bond donors (Lipinski definition) is 2. The van der Waals surface area contributed by atoms with Gasteiger partial charge in [-0.25, -0.2) is 9.59 Å². The maximum absolute atomic E-state index is 12.2. The van der Waals surface area contributed by atoms with Crippen molar-refractivity contribution in [3.05, 3.63) is 35.9 Å². The number of hydrogen-bond acceptors (Lipinski definition) is 2.